The summed E-state index contributed by atoms with van der Waals surface area (Å²) in [6.45, 7) is 5.76. The van der Waals surface area contributed by atoms with Crippen molar-refractivity contribution in [3.63, 3.8) is 0 Å². The van der Waals surface area contributed by atoms with Gasteiger partial charge in [-0.15, -0.1) is 0 Å². The molecule has 1 heterocycles. The van der Waals surface area contributed by atoms with Gasteiger partial charge in [0.1, 0.15) is 0 Å². The largest absolute Gasteiger partial charge is 0.396 e. The first kappa shape index (κ1) is 15.1. The fourth-order valence-electron chi connectivity index (χ4n) is 2.30. The van der Waals surface area contributed by atoms with E-state index in [1.165, 1.54) is 0 Å². The zero-order valence-electron chi connectivity index (χ0n) is 12.1. The number of benzene rings is 1. The van der Waals surface area contributed by atoms with Crippen LogP contribution in [0.25, 0.3) is 10.9 Å². The second-order valence-electron chi connectivity index (χ2n) is 5.00. The first-order chi connectivity index (χ1) is 9.54. The number of anilines is 2. The van der Waals surface area contributed by atoms with Gasteiger partial charge in [-0.3, -0.25) is 4.98 Å². The molecule has 0 aliphatic carbocycles. The molecule has 0 radical (unpaired) electrons. The normalized spacial score (nSPS) is 11.2. The van der Waals surface area contributed by atoms with E-state index >= 15 is 0 Å². The number of nitrogens with two attached hydrogens (primary N) is 1. The van der Waals surface area contributed by atoms with Crippen LogP contribution in [0, 0.1) is 0 Å². The molecule has 0 aliphatic rings. The zero-order valence-corrected chi connectivity index (χ0v) is 13.6. The van der Waals surface area contributed by atoms with Crippen LogP contribution in [0.4, 0.5) is 11.4 Å². The Hall–Kier alpha value is -1.33. The summed E-state index contributed by atoms with van der Waals surface area (Å²) < 4.78 is 6.23. The third kappa shape index (κ3) is 3.04. The van der Waals surface area contributed by atoms with Gasteiger partial charge in [0.15, 0.2) is 0 Å². The minimum Gasteiger partial charge on any atom is -0.396 e. The first-order valence-electron chi connectivity index (χ1n) is 6.64. The molecule has 0 fully saturated rings. The Morgan fingerprint density at radius 3 is 2.80 bits per heavy atom. The number of aromatic nitrogens is 1. The molecule has 0 atom stereocenters. The number of rotatable bonds is 5. The van der Waals surface area contributed by atoms with Crippen molar-refractivity contribution >= 4 is 38.2 Å². The molecular formula is C15H20BrN3O. The Labute approximate surface area is 128 Å². The molecule has 0 amide bonds. The summed E-state index contributed by atoms with van der Waals surface area (Å²) in [5.74, 6) is 0. The van der Waals surface area contributed by atoms with E-state index < -0.39 is 0 Å². The minimum atomic E-state index is 0.331. The summed E-state index contributed by atoms with van der Waals surface area (Å²) in [5, 5.41) is 1.06. The molecule has 2 rings (SSSR count). The Kier molecular flexibility index (Phi) is 4.83. The molecule has 20 heavy (non-hydrogen) atoms. The van der Waals surface area contributed by atoms with Crippen LogP contribution in [0.2, 0.25) is 0 Å². The molecule has 4 nitrogen and oxygen atoms in total. The van der Waals surface area contributed by atoms with Gasteiger partial charge in [0.25, 0.3) is 0 Å². The van der Waals surface area contributed by atoms with E-state index in [1.807, 2.05) is 12.1 Å². The highest BCUT2D eigenvalue weighted by atomic mass is 79.9. The van der Waals surface area contributed by atoms with Gasteiger partial charge < -0.3 is 15.4 Å². The summed E-state index contributed by atoms with van der Waals surface area (Å²) >= 11 is 3.52. The lowest BCUT2D eigenvalue weighted by Crippen LogP contribution is -2.34. The number of hydrogen-bond donors (Lipinski definition) is 1. The zero-order chi connectivity index (χ0) is 14.7. The van der Waals surface area contributed by atoms with E-state index in [1.54, 1.807) is 13.3 Å². The van der Waals surface area contributed by atoms with E-state index in [0.29, 0.717) is 18.3 Å². The van der Waals surface area contributed by atoms with Crippen LogP contribution in [-0.4, -0.2) is 31.3 Å². The second-order valence-corrected chi connectivity index (χ2v) is 5.92. The number of pyridine rings is 1. The summed E-state index contributed by atoms with van der Waals surface area (Å²) in [5.41, 5.74) is 8.86. The molecule has 108 valence electrons. The predicted molar refractivity (Wildman–Crippen MR) is 88.2 cm³/mol. The van der Waals surface area contributed by atoms with Gasteiger partial charge in [0.2, 0.25) is 0 Å². The molecular weight excluding hydrogens is 318 g/mol. The number of nitrogens with zero attached hydrogens (tertiary/aromatic N) is 2. The van der Waals surface area contributed by atoms with Crippen LogP contribution in [0.1, 0.15) is 13.8 Å². The maximum Gasteiger partial charge on any atom is 0.0745 e. The highest BCUT2D eigenvalue weighted by Crippen LogP contribution is 2.34. The van der Waals surface area contributed by atoms with Crippen molar-refractivity contribution in [2.24, 2.45) is 0 Å². The molecule has 2 N–H and O–H groups in total. The SMILES string of the molecule is COCCN(c1c(N)cnc2ccc(Br)cc12)C(C)C. The van der Waals surface area contributed by atoms with Crippen LogP contribution in [0.5, 0.6) is 0 Å². The van der Waals surface area contributed by atoms with Crippen molar-refractivity contribution in [1.82, 2.24) is 4.98 Å². The van der Waals surface area contributed by atoms with Crippen LogP contribution < -0.4 is 10.6 Å². The van der Waals surface area contributed by atoms with E-state index in [0.717, 1.165) is 27.6 Å². The number of methoxy groups -OCH3 is 1. The van der Waals surface area contributed by atoms with E-state index in [-0.39, 0.29) is 0 Å². The standard InChI is InChI=1S/C15H20BrN3O/c1-10(2)19(6-7-20-3)15-12-8-11(16)4-5-14(12)18-9-13(15)17/h4-5,8-10H,6-7,17H2,1-3H3. The number of nitrogen functional groups attached to an aromatic ring is 1. The van der Waals surface area contributed by atoms with Gasteiger partial charge in [-0.25, -0.2) is 0 Å². The summed E-state index contributed by atoms with van der Waals surface area (Å²) in [4.78, 5) is 6.66. The molecule has 5 heteroatoms. The average Bonchev–Trinajstić information content (AvgIpc) is 2.41. The van der Waals surface area contributed by atoms with Crippen molar-refractivity contribution in [2.75, 3.05) is 30.9 Å². The smallest absolute Gasteiger partial charge is 0.0745 e. The van der Waals surface area contributed by atoms with Gasteiger partial charge in [-0.05, 0) is 32.0 Å². The molecule has 0 aliphatic heterocycles. The number of ether oxygens (including phenoxy) is 1. The number of halogens is 1. The Morgan fingerprint density at radius 2 is 2.15 bits per heavy atom. The topological polar surface area (TPSA) is 51.4 Å². The molecule has 1 aromatic heterocycles. The van der Waals surface area contributed by atoms with Gasteiger partial charge in [0, 0.05) is 29.6 Å². The second kappa shape index (κ2) is 6.41. The van der Waals surface area contributed by atoms with Gasteiger partial charge >= 0.3 is 0 Å². The summed E-state index contributed by atoms with van der Waals surface area (Å²) in [6, 6.07) is 6.38. The predicted octanol–water partition coefficient (Wildman–Crippen LogP) is 3.44. The molecule has 1 aromatic carbocycles. The van der Waals surface area contributed by atoms with Crippen LogP contribution in [0.3, 0.4) is 0 Å². The molecule has 0 bridgehead atoms. The third-order valence-electron chi connectivity index (χ3n) is 3.28. The summed E-state index contributed by atoms with van der Waals surface area (Å²) in [6.07, 6.45) is 1.73. The lowest BCUT2D eigenvalue weighted by atomic mass is 10.1. The quantitative estimate of drug-likeness (QED) is 0.907. The maximum absolute atomic E-state index is 6.19. The van der Waals surface area contributed by atoms with E-state index in [9.17, 15) is 0 Å². The average molecular weight is 338 g/mol. The highest BCUT2D eigenvalue weighted by Gasteiger charge is 2.17. The first-order valence-corrected chi connectivity index (χ1v) is 7.43. The van der Waals surface area contributed by atoms with Crippen LogP contribution >= 0.6 is 15.9 Å². The Bertz CT molecular complexity index is 596. The third-order valence-corrected chi connectivity index (χ3v) is 3.77. The van der Waals surface area contributed by atoms with E-state index in [2.05, 4.69) is 45.7 Å². The monoisotopic (exact) mass is 337 g/mol. The van der Waals surface area contributed by atoms with Crippen LogP contribution in [0.15, 0.2) is 28.9 Å². The number of fused-ring (bicyclic) bond motifs is 1. The molecule has 0 spiro atoms. The minimum absolute atomic E-state index is 0.331. The van der Waals surface area contributed by atoms with Gasteiger partial charge in [-0.2, -0.15) is 0 Å². The lowest BCUT2D eigenvalue weighted by molar-refractivity contribution is 0.204. The van der Waals surface area contributed by atoms with E-state index in [4.69, 9.17) is 10.5 Å². The fourth-order valence-corrected chi connectivity index (χ4v) is 2.67. The highest BCUT2D eigenvalue weighted by molar-refractivity contribution is 9.10. The van der Waals surface area contributed by atoms with Gasteiger partial charge in [0.05, 0.1) is 29.7 Å². The molecule has 0 saturated heterocycles. The Morgan fingerprint density at radius 1 is 1.40 bits per heavy atom. The number of hydrogen-bond acceptors (Lipinski definition) is 4. The van der Waals surface area contributed by atoms with Crippen molar-refractivity contribution in [1.29, 1.82) is 0 Å². The van der Waals surface area contributed by atoms with Gasteiger partial charge in [-0.1, -0.05) is 15.9 Å². The fraction of sp³-hybridized carbons (Fsp3) is 0.400. The van der Waals surface area contributed by atoms with Crippen molar-refractivity contribution < 1.29 is 4.74 Å². The van der Waals surface area contributed by atoms with Crippen molar-refractivity contribution in [3.8, 4) is 0 Å². The van der Waals surface area contributed by atoms with Crippen molar-refractivity contribution in [3.05, 3.63) is 28.9 Å². The van der Waals surface area contributed by atoms with Crippen LogP contribution in [-0.2, 0) is 4.74 Å². The van der Waals surface area contributed by atoms with Crippen molar-refractivity contribution in [2.45, 2.75) is 19.9 Å². The molecule has 0 unspecified atom stereocenters. The molecule has 2 aromatic rings. The molecule has 0 saturated carbocycles. The lowest BCUT2D eigenvalue weighted by Gasteiger charge is -2.31. The maximum atomic E-state index is 6.19. The Balaban J connectivity index is 2.59. The summed E-state index contributed by atoms with van der Waals surface area (Å²) in [7, 11) is 1.71.